The van der Waals surface area contributed by atoms with Crippen molar-refractivity contribution in [3.8, 4) is 0 Å². The van der Waals surface area contributed by atoms with Crippen molar-refractivity contribution in [3.63, 3.8) is 0 Å². The molecule has 56 heavy (non-hydrogen) atoms. The van der Waals surface area contributed by atoms with Crippen LogP contribution >= 0.6 is 0 Å². The Morgan fingerprint density at radius 3 is 2.00 bits per heavy atom. The molecule has 14 heteroatoms. The normalized spacial score (nSPS) is 18.6. The van der Waals surface area contributed by atoms with E-state index >= 15 is 0 Å². The number of rotatable bonds is 22. The van der Waals surface area contributed by atoms with Crippen molar-refractivity contribution >= 4 is 35.5 Å². The number of likely N-dealkylation sites (tertiary alicyclic amines) is 1. The number of carboxylic acid groups (broad SMARTS) is 1. The van der Waals surface area contributed by atoms with E-state index < -0.39 is 66.1 Å². The van der Waals surface area contributed by atoms with E-state index in [0.717, 1.165) is 5.56 Å². The summed E-state index contributed by atoms with van der Waals surface area (Å²) in [5.74, 6) is -4.10. The zero-order valence-electron chi connectivity index (χ0n) is 35.7. The summed E-state index contributed by atoms with van der Waals surface area (Å²) in [4.78, 5) is 85.1. The molecule has 0 spiro atoms. The van der Waals surface area contributed by atoms with E-state index in [9.17, 15) is 33.9 Å². The van der Waals surface area contributed by atoms with Gasteiger partial charge in [0.05, 0.1) is 36.6 Å². The Morgan fingerprint density at radius 1 is 0.875 bits per heavy atom. The molecule has 14 nitrogen and oxygen atoms in total. The number of amides is 5. The molecule has 2 rings (SSSR count). The molecule has 1 aliphatic heterocycles. The molecular formula is C42H69N5O9. The lowest BCUT2D eigenvalue weighted by molar-refractivity contribution is -0.149. The average molecular weight is 788 g/mol. The lowest BCUT2D eigenvalue weighted by atomic mass is 9.89. The standard InChI is InChI=1S/C42H69N5O9/c1-13-27(7)37(46(10)41(52)35(25(3)4)44-40(51)36(26(5)6)45(9)33(48)14-2)32(55-11)24-34(49)47-22-18-21-31(47)38(56-12)28(8)39(50)43-30(42(53)54)23-29-19-16-15-17-20-29/h15-17,19-20,25-28,30-32,35-38H,13-14,18,21-24H2,1-12H3,(H,43,50)(H,44,51)(H,53,54)/t27-,28+,30-,31-,32+,35-,36-,37?,38+/m0/s1. The Hall–Kier alpha value is -4.04. The second-order valence-electron chi connectivity index (χ2n) is 16.0. The zero-order valence-corrected chi connectivity index (χ0v) is 35.7. The predicted molar refractivity (Wildman–Crippen MR) is 214 cm³/mol. The van der Waals surface area contributed by atoms with Crippen molar-refractivity contribution < 1.29 is 43.3 Å². The number of nitrogens with zero attached hydrogens (tertiary/aromatic N) is 3. The van der Waals surface area contributed by atoms with Gasteiger partial charge in [-0.3, -0.25) is 24.0 Å². The van der Waals surface area contributed by atoms with E-state index in [4.69, 9.17) is 9.47 Å². The van der Waals surface area contributed by atoms with Crippen LogP contribution < -0.4 is 10.6 Å². The van der Waals surface area contributed by atoms with Gasteiger partial charge >= 0.3 is 5.97 Å². The van der Waals surface area contributed by atoms with Gasteiger partial charge in [0, 0.05) is 47.7 Å². The summed E-state index contributed by atoms with van der Waals surface area (Å²) in [6, 6.07) is 5.28. The molecule has 0 radical (unpaired) electrons. The van der Waals surface area contributed by atoms with Crippen molar-refractivity contribution in [2.45, 2.75) is 136 Å². The molecule has 1 aromatic rings. The van der Waals surface area contributed by atoms with Crippen molar-refractivity contribution in [1.82, 2.24) is 25.3 Å². The summed E-state index contributed by atoms with van der Waals surface area (Å²) < 4.78 is 11.9. The maximum Gasteiger partial charge on any atom is 0.326 e. The molecule has 316 valence electrons. The van der Waals surface area contributed by atoms with Gasteiger partial charge in [0.25, 0.3) is 0 Å². The van der Waals surface area contributed by atoms with Crippen LogP contribution in [0.5, 0.6) is 0 Å². The summed E-state index contributed by atoms with van der Waals surface area (Å²) in [7, 11) is 6.27. The maximum absolute atomic E-state index is 14.3. The first-order valence-electron chi connectivity index (χ1n) is 20.1. The van der Waals surface area contributed by atoms with Gasteiger partial charge in [0.2, 0.25) is 29.5 Å². The van der Waals surface area contributed by atoms with Crippen molar-refractivity contribution in [2.75, 3.05) is 34.9 Å². The van der Waals surface area contributed by atoms with Crippen LogP contribution in [0.2, 0.25) is 0 Å². The minimum Gasteiger partial charge on any atom is -0.480 e. The second kappa shape index (κ2) is 22.6. The van der Waals surface area contributed by atoms with E-state index in [1.54, 1.807) is 49.9 Å². The third kappa shape index (κ3) is 12.5. The first-order valence-corrected chi connectivity index (χ1v) is 20.1. The fourth-order valence-corrected chi connectivity index (χ4v) is 7.96. The fourth-order valence-electron chi connectivity index (χ4n) is 7.96. The number of carboxylic acids is 1. The molecule has 1 heterocycles. The summed E-state index contributed by atoms with van der Waals surface area (Å²) >= 11 is 0. The summed E-state index contributed by atoms with van der Waals surface area (Å²) in [6.45, 7) is 15.3. The Balaban J connectivity index is 2.29. The van der Waals surface area contributed by atoms with E-state index in [-0.39, 0.29) is 54.7 Å². The van der Waals surface area contributed by atoms with E-state index in [1.165, 1.54) is 19.1 Å². The number of benzene rings is 1. The third-order valence-corrected chi connectivity index (χ3v) is 11.4. The number of ether oxygens (including phenoxy) is 2. The number of methoxy groups -OCH3 is 2. The highest BCUT2D eigenvalue weighted by atomic mass is 16.5. The first-order chi connectivity index (χ1) is 26.4. The molecule has 1 saturated heterocycles. The quantitative estimate of drug-likeness (QED) is 0.158. The molecule has 1 aromatic carbocycles. The van der Waals surface area contributed by atoms with Gasteiger partial charge in [-0.1, -0.05) is 92.1 Å². The molecule has 3 N–H and O–H groups in total. The third-order valence-electron chi connectivity index (χ3n) is 11.4. The van der Waals surface area contributed by atoms with Crippen LogP contribution in [-0.2, 0) is 44.7 Å². The van der Waals surface area contributed by atoms with E-state index in [0.29, 0.717) is 25.8 Å². The van der Waals surface area contributed by atoms with Crippen molar-refractivity contribution in [1.29, 1.82) is 0 Å². The van der Waals surface area contributed by atoms with Gasteiger partial charge in [-0.05, 0) is 36.2 Å². The Morgan fingerprint density at radius 2 is 1.50 bits per heavy atom. The van der Waals surface area contributed by atoms with Gasteiger partial charge in [-0.15, -0.1) is 0 Å². The number of carbonyl (C=O) groups excluding carboxylic acids is 5. The van der Waals surface area contributed by atoms with Crippen molar-refractivity contribution in [2.24, 2.45) is 23.7 Å². The highest BCUT2D eigenvalue weighted by Crippen LogP contribution is 2.30. The maximum atomic E-state index is 14.3. The van der Waals surface area contributed by atoms with Crippen LogP contribution in [0.25, 0.3) is 0 Å². The molecule has 0 aliphatic carbocycles. The first kappa shape index (κ1) is 48.1. The van der Waals surface area contributed by atoms with Crippen LogP contribution in [-0.4, -0.2) is 133 Å². The Labute approximate surface area is 334 Å². The summed E-state index contributed by atoms with van der Waals surface area (Å²) in [5.41, 5.74) is 0.775. The van der Waals surface area contributed by atoms with Gasteiger partial charge in [0.1, 0.15) is 18.1 Å². The van der Waals surface area contributed by atoms with Crippen LogP contribution in [0, 0.1) is 23.7 Å². The number of hydrogen-bond donors (Lipinski definition) is 3. The molecule has 9 atom stereocenters. The topological polar surface area (TPSA) is 175 Å². The van der Waals surface area contributed by atoms with Crippen molar-refractivity contribution in [3.05, 3.63) is 35.9 Å². The molecule has 1 unspecified atom stereocenters. The summed E-state index contributed by atoms with van der Waals surface area (Å²) in [6.07, 6.45) is 0.861. The lowest BCUT2D eigenvalue weighted by Gasteiger charge is -2.41. The van der Waals surface area contributed by atoms with Gasteiger partial charge < -0.3 is 39.9 Å². The van der Waals surface area contributed by atoms with Gasteiger partial charge in [-0.25, -0.2) is 4.79 Å². The predicted octanol–water partition coefficient (Wildman–Crippen LogP) is 3.75. The lowest BCUT2D eigenvalue weighted by Crippen LogP contribution is -2.60. The monoisotopic (exact) mass is 788 g/mol. The fraction of sp³-hybridized carbons (Fsp3) is 0.714. The zero-order chi connectivity index (χ0) is 42.4. The molecule has 0 bridgehead atoms. The highest BCUT2D eigenvalue weighted by Gasteiger charge is 2.43. The molecule has 0 aromatic heterocycles. The largest absolute Gasteiger partial charge is 0.480 e. The minimum atomic E-state index is -1.15. The smallest absolute Gasteiger partial charge is 0.326 e. The van der Waals surface area contributed by atoms with Gasteiger partial charge in [0.15, 0.2) is 0 Å². The molecular weight excluding hydrogens is 718 g/mol. The van der Waals surface area contributed by atoms with E-state index in [2.05, 4.69) is 10.6 Å². The highest BCUT2D eigenvalue weighted by molar-refractivity contribution is 5.92. The molecule has 5 amide bonds. The molecule has 0 saturated carbocycles. The number of likely N-dealkylation sites (N-methyl/N-ethyl adjacent to an activating group) is 2. The Bertz CT molecular complexity index is 1460. The summed E-state index contributed by atoms with van der Waals surface area (Å²) in [5, 5.41) is 15.5. The number of nitrogens with one attached hydrogen (secondary N) is 2. The minimum absolute atomic E-state index is 0.0488. The van der Waals surface area contributed by atoms with Crippen LogP contribution in [0.1, 0.15) is 93.1 Å². The number of hydrogen-bond acceptors (Lipinski definition) is 8. The molecule has 1 fully saturated rings. The second-order valence-corrected chi connectivity index (χ2v) is 16.0. The van der Waals surface area contributed by atoms with E-state index in [1.807, 2.05) is 59.7 Å². The van der Waals surface area contributed by atoms with Crippen LogP contribution in [0.4, 0.5) is 0 Å². The van der Waals surface area contributed by atoms with Gasteiger partial charge in [-0.2, -0.15) is 0 Å². The SMILES string of the molecule is CCC(=O)N(C)[C@H](C(=O)N[C@H](C(=O)N(C)C([C@@H](C)CC)[C@@H](CC(=O)N1CCC[C@H]1[C@H](OC)[C@@H](C)C(=O)N[C@@H](Cc1ccccc1)C(=O)O)OC)C(C)C)C(C)C. The van der Waals surface area contributed by atoms with Crippen LogP contribution in [0.15, 0.2) is 30.3 Å². The number of aliphatic carboxylic acids is 1. The number of carbonyl (C=O) groups is 6. The van der Waals surface area contributed by atoms with Crippen LogP contribution in [0.3, 0.4) is 0 Å². The molecule has 1 aliphatic rings. The Kier molecular flexibility index (Phi) is 19.4. The average Bonchev–Trinajstić information content (AvgIpc) is 3.65.